The monoisotopic (exact) mass is 287 g/mol. The van der Waals surface area contributed by atoms with E-state index in [0.717, 1.165) is 50.4 Å². The molecule has 2 fully saturated rings. The van der Waals surface area contributed by atoms with Gasteiger partial charge in [-0.05, 0) is 30.9 Å². The average Bonchev–Trinajstić information content (AvgIpc) is 2.88. The van der Waals surface area contributed by atoms with Crippen molar-refractivity contribution in [1.82, 2.24) is 15.1 Å². The van der Waals surface area contributed by atoms with Crippen LogP contribution in [0.15, 0.2) is 0 Å². The summed E-state index contributed by atoms with van der Waals surface area (Å²) in [4.78, 5) is 14.3. The highest BCUT2D eigenvalue weighted by Crippen LogP contribution is 2.31. The average molecular weight is 288 g/mol. The molecular formula is C11H14ClN3O2S. The topological polar surface area (TPSA) is 55.3 Å². The Balaban J connectivity index is 1.70. The first kappa shape index (κ1) is 12.3. The fraction of sp³-hybridized carbons (Fsp3) is 0.727. The molecule has 2 heterocycles. The first-order chi connectivity index (χ1) is 8.74. The second-order valence-corrected chi connectivity index (χ2v) is 6.34. The van der Waals surface area contributed by atoms with E-state index in [-0.39, 0.29) is 5.91 Å². The summed E-state index contributed by atoms with van der Waals surface area (Å²) in [5, 5.41) is 7.92. The highest BCUT2D eigenvalue weighted by molar-refractivity contribution is 7.17. The molecule has 1 atom stereocenters. The van der Waals surface area contributed by atoms with Gasteiger partial charge in [0.1, 0.15) is 0 Å². The lowest BCUT2D eigenvalue weighted by Gasteiger charge is -2.23. The molecule has 2 aliphatic rings. The van der Waals surface area contributed by atoms with E-state index in [1.807, 2.05) is 4.90 Å². The molecular weight excluding hydrogens is 274 g/mol. The molecule has 0 N–H and O–H groups in total. The standard InChI is InChI=1S/C11H14ClN3O2S/c12-11-14-13-9(18-11)10(16)15(8-1-2-8)5-7-3-4-17-6-7/h7-8H,1-6H2. The molecule has 98 valence electrons. The molecule has 1 saturated heterocycles. The minimum Gasteiger partial charge on any atom is -0.381 e. The third-order valence-electron chi connectivity index (χ3n) is 3.31. The molecule has 0 bridgehead atoms. The molecule has 1 aromatic rings. The van der Waals surface area contributed by atoms with Crippen molar-refractivity contribution in [2.75, 3.05) is 19.8 Å². The summed E-state index contributed by atoms with van der Waals surface area (Å²) < 4.78 is 5.68. The molecule has 0 radical (unpaired) electrons. The number of rotatable bonds is 4. The van der Waals surface area contributed by atoms with Crippen molar-refractivity contribution in [3.05, 3.63) is 9.47 Å². The van der Waals surface area contributed by atoms with Gasteiger partial charge in [0.25, 0.3) is 5.91 Å². The Morgan fingerprint density at radius 2 is 2.28 bits per heavy atom. The van der Waals surface area contributed by atoms with Crippen molar-refractivity contribution < 1.29 is 9.53 Å². The third kappa shape index (κ3) is 2.65. The summed E-state index contributed by atoms with van der Waals surface area (Å²) in [5.41, 5.74) is 0. The lowest BCUT2D eigenvalue weighted by molar-refractivity contribution is 0.0705. The molecule has 0 aromatic carbocycles. The fourth-order valence-electron chi connectivity index (χ4n) is 2.20. The van der Waals surface area contributed by atoms with Gasteiger partial charge in [0.05, 0.1) is 6.61 Å². The van der Waals surface area contributed by atoms with E-state index in [4.69, 9.17) is 16.3 Å². The van der Waals surface area contributed by atoms with Gasteiger partial charge in [-0.15, -0.1) is 10.2 Å². The van der Waals surface area contributed by atoms with E-state index in [1.54, 1.807) is 0 Å². The Morgan fingerprint density at radius 3 is 2.83 bits per heavy atom. The molecule has 7 heteroatoms. The van der Waals surface area contributed by atoms with Crippen molar-refractivity contribution in [2.45, 2.75) is 25.3 Å². The number of carbonyl (C=O) groups is 1. The van der Waals surface area contributed by atoms with Crippen LogP contribution in [0, 0.1) is 5.92 Å². The van der Waals surface area contributed by atoms with Gasteiger partial charge in [-0.2, -0.15) is 0 Å². The van der Waals surface area contributed by atoms with Crippen LogP contribution in [-0.2, 0) is 4.74 Å². The Bertz CT molecular complexity index is 443. The lowest BCUT2D eigenvalue weighted by Crippen LogP contribution is -2.37. The van der Waals surface area contributed by atoms with Crippen molar-refractivity contribution >= 4 is 28.8 Å². The predicted octanol–water partition coefficient (Wildman–Crippen LogP) is 1.83. The second kappa shape index (κ2) is 5.11. The largest absolute Gasteiger partial charge is 0.381 e. The highest BCUT2D eigenvalue weighted by Gasteiger charge is 2.36. The van der Waals surface area contributed by atoms with E-state index in [2.05, 4.69) is 10.2 Å². The van der Waals surface area contributed by atoms with E-state index < -0.39 is 0 Å². The fourth-order valence-corrected chi connectivity index (χ4v) is 2.99. The van der Waals surface area contributed by atoms with Gasteiger partial charge < -0.3 is 9.64 Å². The summed E-state index contributed by atoms with van der Waals surface area (Å²) in [5.74, 6) is 0.423. The number of nitrogens with zero attached hydrogens (tertiary/aromatic N) is 3. The summed E-state index contributed by atoms with van der Waals surface area (Å²) in [6.07, 6.45) is 3.21. The Kier molecular flexibility index (Phi) is 3.50. The lowest BCUT2D eigenvalue weighted by atomic mass is 10.1. The maximum atomic E-state index is 12.4. The predicted molar refractivity (Wildman–Crippen MR) is 67.9 cm³/mol. The van der Waals surface area contributed by atoms with Crippen LogP contribution in [0.1, 0.15) is 29.1 Å². The number of hydrogen-bond acceptors (Lipinski definition) is 5. The number of amides is 1. The molecule has 18 heavy (non-hydrogen) atoms. The molecule has 1 aliphatic heterocycles. The number of halogens is 1. The highest BCUT2D eigenvalue weighted by atomic mass is 35.5. The minimum atomic E-state index is -0.0335. The molecule has 1 aromatic heterocycles. The van der Waals surface area contributed by atoms with Crippen molar-refractivity contribution in [3.8, 4) is 0 Å². The van der Waals surface area contributed by atoms with E-state index in [0.29, 0.717) is 21.4 Å². The zero-order valence-corrected chi connectivity index (χ0v) is 11.4. The van der Waals surface area contributed by atoms with Gasteiger partial charge in [-0.25, -0.2) is 0 Å². The quantitative estimate of drug-likeness (QED) is 0.848. The molecule has 1 aliphatic carbocycles. The van der Waals surface area contributed by atoms with Crippen LogP contribution in [-0.4, -0.2) is 46.8 Å². The van der Waals surface area contributed by atoms with Gasteiger partial charge >= 0.3 is 0 Å². The van der Waals surface area contributed by atoms with Crippen molar-refractivity contribution in [3.63, 3.8) is 0 Å². The summed E-state index contributed by atoms with van der Waals surface area (Å²) in [6.45, 7) is 2.33. The van der Waals surface area contributed by atoms with Crippen LogP contribution in [0.25, 0.3) is 0 Å². The van der Waals surface area contributed by atoms with Gasteiger partial charge in [-0.1, -0.05) is 11.3 Å². The van der Waals surface area contributed by atoms with Crippen LogP contribution >= 0.6 is 22.9 Å². The summed E-state index contributed by atoms with van der Waals surface area (Å²) in [6, 6.07) is 0.376. The molecule has 0 spiro atoms. The zero-order chi connectivity index (χ0) is 12.5. The SMILES string of the molecule is O=C(c1nnc(Cl)s1)N(CC1CCOC1)C1CC1. The van der Waals surface area contributed by atoms with Crippen LogP contribution in [0.4, 0.5) is 0 Å². The van der Waals surface area contributed by atoms with Gasteiger partial charge in [0.2, 0.25) is 9.47 Å². The number of hydrogen-bond donors (Lipinski definition) is 0. The maximum absolute atomic E-state index is 12.4. The normalized spacial score (nSPS) is 23.3. The van der Waals surface area contributed by atoms with E-state index >= 15 is 0 Å². The Hall–Kier alpha value is -0.720. The third-order valence-corrected chi connectivity index (χ3v) is 4.32. The van der Waals surface area contributed by atoms with Gasteiger partial charge in [-0.3, -0.25) is 4.79 Å². The second-order valence-electron chi connectivity index (χ2n) is 4.78. The number of aromatic nitrogens is 2. The van der Waals surface area contributed by atoms with Crippen molar-refractivity contribution in [1.29, 1.82) is 0 Å². The van der Waals surface area contributed by atoms with Crippen LogP contribution in [0.2, 0.25) is 4.47 Å². The number of ether oxygens (including phenoxy) is 1. The van der Waals surface area contributed by atoms with Crippen LogP contribution < -0.4 is 0 Å². The zero-order valence-electron chi connectivity index (χ0n) is 9.84. The first-order valence-corrected chi connectivity index (χ1v) is 7.31. The molecule has 3 rings (SSSR count). The molecule has 1 unspecified atom stereocenters. The summed E-state index contributed by atoms with van der Waals surface area (Å²) in [7, 11) is 0. The molecule has 1 saturated carbocycles. The number of carbonyl (C=O) groups excluding carboxylic acids is 1. The Labute approximate surface area is 114 Å². The van der Waals surface area contributed by atoms with E-state index in [9.17, 15) is 4.79 Å². The maximum Gasteiger partial charge on any atom is 0.285 e. The smallest absolute Gasteiger partial charge is 0.285 e. The molecule has 5 nitrogen and oxygen atoms in total. The van der Waals surface area contributed by atoms with E-state index in [1.165, 1.54) is 0 Å². The van der Waals surface area contributed by atoms with Gasteiger partial charge in [0.15, 0.2) is 0 Å². The Morgan fingerprint density at radius 1 is 1.44 bits per heavy atom. The first-order valence-electron chi connectivity index (χ1n) is 6.12. The van der Waals surface area contributed by atoms with Crippen molar-refractivity contribution in [2.24, 2.45) is 5.92 Å². The summed E-state index contributed by atoms with van der Waals surface area (Å²) >= 11 is 6.88. The van der Waals surface area contributed by atoms with Crippen LogP contribution in [0.3, 0.4) is 0 Å². The van der Waals surface area contributed by atoms with Crippen LogP contribution in [0.5, 0.6) is 0 Å². The minimum absolute atomic E-state index is 0.0335. The van der Waals surface area contributed by atoms with Gasteiger partial charge in [0, 0.05) is 25.1 Å². The molecule has 1 amide bonds.